The van der Waals surface area contributed by atoms with Crippen molar-refractivity contribution >= 4 is 18.0 Å². The van der Waals surface area contributed by atoms with Gasteiger partial charge in [0.05, 0.1) is 11.4 Å². The van der Waals surface area contributed by atoms with E-state index < -0.39 is 0 Å². The highest BCUT2D eigenvalue weighted by Crippen LogP contribution is 2.55. The number of carbonyl (C=O) groups excluding carboxylic acids is 2. The fraction of sp³-hybridized carbons (Fsp3) is 0.250. The standard InChI is InChI=1S/C24H21N7O3/c32-14-31-12-24(13-31)10-16(11-24)23-28-21(30-34-23)15-4-6-17(7-5-15)26-22(33)20-3-1-2-18(27-20)19-8-9-25-29-19/h1-9,14,16H,10-13H2,(H,25,29)(H,26,33). The first-order valence-electron chi connectivity index (χ1n) is 11.0. The minimum absolute atomic E-state index is 0.243. The number of rotatable bonds is 6. The second-order valence-electron chi connectivity index (χ2n) is 8.98. The van der Waals surface area contributed by atoms with Gasteiger partial charge in [0.1, 0.15) is 5.69 Å². The Morgan fingerprint density at radius 1 is 1.12 bits per heavy atom. The molecule has 0 radical (unpaired) electrons. The molecule has 2 fully saturated rings. The number of amides is 2. The zero-order chi connectivity index (χ0) is 23.1. The van der Waals surface area contributed by atoms with Crippen molar-refractivity contribution in [3.63, 3.8) is 0 Å². The highest BCUT2D eigenvalue weighted by atomic mass is 16.5. The Bertz CT molecular complexity index is 1330. The van der Waals surface area contributed by atoms with E-state index in [4.69, 9.17) is 4.52 Å². The smallest absolute Gasteiger partial charge is 0.274 e. The van der Waals surface area contributed by atoms with Crippen LogP contribution in [0.1, 0.15) is 35.1 Å². The maximum Gasteiger partial charge on any atom is 0.274 e. The molecule has 1 saturated carbocycles. The zero-order valence-corrected chi connectivity index (χ0v) is 18.1. The quantitative estimate of drug-likeness (QED) is 0.427. The van der Waals surface area contributed by atoms with Crippen molar-refractivity contribution in [3.05, 3.63) is 66.3 Å². The van der Waals surface area contributed by atoms with E-state index in [2.05, 4.69) is 30.6 Å². The van der Waals surface area contributed by atoms with Gasteiger partial charge in [-0.1, -0.05) is 11.2 Å². The van der Waals surface area contributed by atoms with E-state index in [0.717, 1.165) is 43.6 Å². The number of pyridine rings is 1. The Morgan fingerprint density at radius 3 is 2.68 bits per heavy atom. The number of anilines is 1. The molecule has 2 amide bonds. The van der Waals surface area contributed by atoms with Crippen molar-refractivity contribution < 1.29 is 14.1 Å². The number of hydrogen-bond donors (Lipinski definition) is 2. The van der Waals surface area contributed by atoms with Gasteiger partial charge in [0.15, 0.2) is 0 Å². The second-order valence-corrected chi connectivity index (χ2v) is 8.98. The summed E-state index contributed by atoms with van der Waals surface area (Å²) in [6.45, 7) is 1.65. The number of aromatic amines is 1. The minimum atomic E-state index is -0.306. The summed E-state index contributed by atoms with van der Waals surface area (Å²) in [5, 5.41) is 13.7. The lowest BCUT2D eigenvalue weighted by Crippen LogP contribution is -2.61. The largest absolute Gasteiger partial charge is 0.344 e. The molecule has 0 unspecified atom stereocenters. The maximum atomic E-state index is 12.7. The van der Waals surface area contributed by atoms with Crippen LogP contribution >= 0.6 is 0 Å². The van der Waals surface area contributed by atoms with Crippen LogP contribution in [-0.4, -0.2) is 55.6 Å². The second kappa shape index (κ2) is 7.91. The Labute approximate surface area is 194 Å². The van der Waals surface area contributed by atoms with E-state index in [1.165, 1.54) is 0 Å². The Morgan fingerprint density at radius 2 is 1.94 bits per heavy atom. The average molecular weight is 455 g/mol. The summed E-state index contributed by atoms with van der Waals surface area (Å²) in [6.07, 6.45) is 4.49. The number of likely N-dealkylation sites (tertiary alicyclic amines) is 1. The summed E-state index contributed by atoms with van der Waals surface area (Å²) in [4.78, 5) is 34.2. The zero-order valence-electron chi connectivity index (χ0n) is 18.1. The molecule has 3 aromatic heterocycles. The molecule has 0 atom stereocenters. The summed E-state index contributed by atoms with van der Waals surface area (Å²) in [5.41, 5.74) is 3.37. The van der Waals surface area contributed by atoms with Gasteiger partial charge in [-0.3, -0.25) is 14.7 Å². The number of H-pyrrole nitrogens is 1. The van der Waals surface area contributed by atoms with E-state index in [1.807, 2.05) is 18.2 Å². The average Bonchev–Trinajstić information content (AvgIpc) is 3.51. The molecule has 1 aliphatic carbocycles. The van der Waals surface area contributed by atoms with Gasteiger partial charge >= 0.3 is 0 Å². The van der Waals surface area contributed by atoms with E-state index in [-0.39, 0.29) is 17.2 Å². The lowest BCUT2D eigenvalue weighted by molar-refractivity contribution is -0.138. The molecular weight excluding hydrogens is 434 g/mol. The third-order valence-corrected chi connectivity index (χ3v) is 6.54. The number of carbonyl (C=O) groups is 2. The van der Waals surface area contributed by atoms with Gasteiger partial charge in [-0.15, -0.1) is 0 Å². The molecule has 10 nitrogen and oxygen atoms in total. The lowest BCUT2D eigenvalue weighted by Gasteiger charge is -2.57. The molecule has 6 rings (SSSR count). The van der Waals surface area contributed by atoms with E-state index in [1.54, 1.807) is 41.4 Å². The molecule has 4 aromatic rings. The fourth-order valence-electron chi connectivity index (χ4n) is 4.83. The van der Waals surface area contributed by atoms with Gasteiger partial charge < -0.3 is 14.7 Å². The molecular formula is C24H21N7O3. The van der Waals surface area contributed by atoms with Gasteiger partial charge in [0.25, 0.3) is 5.91 Å². The first kappa shape index (κ1) is 20.3. The summed E-state index contributed by atoms with van der Waals surface area (Å²) in [6, 6.07) is 14.3. The van der Waals surface area contributed by atoms with Gasteiger partial charge in [-0.05, 0) is 55.3 Å². The Hall–Kier alpha value is -4.34. The Kier molecular flexibility index (Phi) is 4.72. The van der Waals surface area contributed by atoms with E-state index in [0.29, 0.717) is 28.8 Å². The van der Waals surface area contributed by atoms with Crippen LogP contribution in [0.2, 0.25) is 0 Å². The third-order valence-electron chi connectivity index (χ3n) is 6.54. The van der Waals surface area contributed by atoms with Crippen LogP contribution in [0.3, 0.4) is 0 Å². The monoisotopic (exact) mass is 455 g/mol. The molecule has 10 heteroatoms. The Balaban J connectivity index is 1.09. The van der Waals surface area contributed by atoms with Crippen molar-refractivity contribution in [1.82, 2.24) is 30.2 Å². The minimum Gasteiger partial charge on any atom is -0.344 e. The molecule has 1 aromatic carbocycles. The van der Waals surface area contributed by atoms with E-state index in [9.17, 15) is 9.59 Å². The van der Waals surface area contributed by atoms with Crippen LogP contribution in [-0.2, 0) is 4.79 Å². The number of aromatic nitrogens is 5. The first-order valence-corrected chi connectivity index (χ1v) is 11.0. The molecule has 34 heavy (non-hydrogen) atoms. The SMILES string of the molecule is O=CN1CC2(CC(c3nc(-c4ccc(NC(=O)c5cccc(-c6ccn[nH]6)n5)cc4)no3)C2)C1. The normalized spacial score (nSPS) is 16.6. The third kappa shape index (κ3) is 3.62. The highest BCUT2D eigenvalue weighted by Gasteiger charge is 2.54. The molecule has 2 N–H and O–H groups in total. The van der Waals surface area contributed by atoms with Crippen LogP contribution < -0.4 is 5.32 Å². The van der Waals surface area contributed by atoms with Crippen LogP contribution in [0.5, 0.6) is 0 Å². The van der Waals surface area contributed by atoms with Gasteiger partial charge in [-0.25, -0.2) is 4.98 Å². The van der Waals surface area contributed by atoms with Crippen LogP contribution in [0.25, 0.3) is 22.8 Å². The van der Waals surface area contributed by atoms with Crippen molar-refractivity contribution in [3.8, 4) is 22.8 Å². The van der Waals surface area contributed by atoms with Crippen molar-refractivity contribution in [2.75, 3.05) is 18.4 Å². The van der Waals surface area contributed by atoms with Gasteiger partial charge in [-0.2, -0.15) is 10.1 Å². The number of nitrogens with zero attached hydrogens (tertiary/aromatic N) is 5. The topological polar surface area (TPSA) is 130 Å². The molecule has 1 saturated heterocycles. The number of benzene rings is 1. The first-order chi connectivity index (χ1) is 16.6. The van der Waals surface area contributed by atoms with Crippen LogP contribution in [0, 0.1) is 5.41 Å². The molecule has 4 heterocycles. The summed E-state index contributed by atoms with van der Waals surface area (Å²) < 4.78 is 5.50. The van der Waals surface area contributed by atoms with Crippen molar-refractivity contribution in [2.45, 2.75) is 18.8 Å². The summed E-state index contributed by atoms with van der Waals surface area (Å²) >= 11 is 0. The predicted octanol–water partition coefficient (Wildman–Crippen LogP) is 3.11. The van der Waals surface area contributed by atoms with E-state index >= 15 is 0 Å². The van der Waals surface area contributed by atoms with Gasteiger partial charge in [0, 0.05) is 41.9 Å². The molecule has 0 bridgehead atoms. The molecule has 2 aliphatic rings. The number of hydrogen-bond acceptors (Lipinski definition) is 7. The highest BCUT2D eigenvalue weighted by molar-refractivity contribution is 6.03. The molecule has 1 spiro atoms. The molecule has 1 aliphatic heterocycles. The fourth-order valence-corrected chi connectivity index (χ4v) is 4.83. The lowest BCUT2D eigenvalue weighted by atomic mass is 9.58. The summed E-state index contributed by atoms with van der Waals surface area (Å²) in [5.74, 6) is 1.11. The van der Waals surface area contributed by atoms with Crippen molar-refractivity contribution in [2.24, 2.45) is 5.41 Å². The van der Waals surface area contributed by atoms with Crippen LogP contribution in [0.15, 0.2) is 59.3 Å². The predicted molar refractivity (Wildman–Crippen MR) is 122 cm³/mol. The van der Waals surface area contributed by atoms with Crippen LogP contribution in [0.4, 0.5) is 5.69 Å². The van der Waals surface area contributed by atoms with Gasteiger partial charge in [0.2, 0.25) is 18.1 Å². The number of nitrogens with one attached hydrogen (secondary N) is 2. The molecule has 170 valence electrons. The maximum absolute atomic E-state index is 12.7. The van der Waals surface area contributed by atoms with Crippen molar-refractivity contribution in [1.29, 1.82) is 0 Å². The summed E-state index contributed by atoms with van der Waals surface area (Å²) in [7, 11) is 0.